The lowest BCUT2D eigenvalue weighted by molar-refractivity contribution is -0.137. The number of halogens is 6. The maximum Gasteiger partial charge on any atom is 0.501 e. The van der Waals surface area contributed by atoms with Gasteiger partial charge in [-0.3, -0.25) is 5.10 Å². The van der Waals surface area contributed by atoms with Crippen molar-refractivity contribution in [1.29, 1.82) is 5.26 Å². The Hall–Kier alpha value is -3.27. The zero-order valence-electron chi connectivity index (χ0n) is 13.8. The van der Waals surface area contributed by atoms with Crippen LogP contribution in [-0.4, -0.2) is 24.1 Å². The Bertz CT molecular complexity index is 1240. The topological polar surface area (TPSA) is 95.8 Å². The fourth-order valence-corrected chi connectivity index (χ4v) is 3.36. The predicted molar refractivity (Wildman–Crippen MR) is 85.6 cm³/mol. The standard InChI is InChI=1S/C16H7F6N3O3S/c17-15(18,19)9-3-8(6-23)4-10(5-9)28-12-1-2-13(14-11(12)7-24-25-14)29(26,27)16(20,21)22/h1-5,7H,(H,24,25). The second-order valence-electron chi connectivity index (χ2n) is 5.63. The minimum atomic E-state index is -5.72. The molecule has 0 bridgehead atoms. The zero-order chi connectivity index (χ0) is 21.6. The van der Waals surface area contributed by atoms with E-state index in [0.717, 1.165) is 18.3 Å². The molecule has 152 valence electrons. The number of benzene rings is 2. The minimum absolute atomic E-state index is 0.216. The molecule has 0 saturated heterocycles. The third-order valence-corrected chi connectivity index (χ3v) is 5.25. The molecule has 1 aromatic heterocycles. The van der Waals surface area contributed by atoms with Gasteiger partial charge in [0.15, 0.2) is 0 Å². The van der Waals surface area contributed by atoms with E-state index in [4.69, 9.17) is 10.00 Å². The molecule has 0 saturated carbocycles. The van der Waals surface area contributed by atoms with E-state index in [0.29, 0.717) is 18.2 Å². The third-order valence-electron chi connectivity index (χ3n) is 3.72. The lowest BCUT2D eigenvalue weighted by Gasteiger charge is -2.13. The number of rotatable bonds is 3. The Morgan fingerprint density at radius 3 is 2.34 bits per heavy atom. The van der Waals surface area contributed by atoms with Crippen LogP contribution < -0.4 is 4.74 Å². The highest BCUT2D eigenvalue weighted by Crippen LogP contribution is 2.39. The van der Waals surface area contributed by atoms with Crippen molar-refractivity contribution in [2.75, 3.05) is 0 Å². The molecule has 0 atom stereocenters. The molecule has 0 aliphatic carbocycles. The van der Waals surface area contributed by atoms with Gasteiger partial charge in [-0.2, -0.15) is 36.7 Å². The van der Waals surface area contributed by atoms with Crippen LogP contribution in [0.5, 0.6) is 11.5 Å². The molecule has 0 unspecified atom stereocenters. The van der Waals surface area contributed by atoms with Crippen molar-refractivity contribution >= 4 is 20.7 Å². The summed E-state index contributed by atoms with van der Waals surface area (Å²) in [5.41, 5.74) is -7.65. The number of alkyl halides is 6. The van der Waals surface area contributed by atoms with Crippen LogP contribution in [0.25, 0.3) is 10.9 Å². The summed E-state index contributed by atoms with van der Waals surface area (Å²) >= 11 is 0. The summed E-state index contributed by atoms with van der Waals surface area (Å²) in [6.45, 7) is 0. The SMILES string of the molecule is N#Cc1cc(Oc2ccc(S(=O)(=O)C(F)(F)F)c3[nH]ncc23)cc(C(F)(F)F)c1. The second kappa shape index (κ2) is 6.66. The summed E-state index contributed by atoms with van der Waals surface area (Å²) < 4.78 is 106. The van der Waals surface area contributed by atoms with Gasteiger partial charge in [-0.25, -0.2) is 8.42 Å². The van der Waals surface area contributed by atoms with Gasteiger partial charge in [-0.05, 0) is 30.3 Å². The number of hydrogen-bond acceptors (Lipinski definition) is 5. The molecule has 0 amide bonds. The maximum atomic E-state index is 13.0. The van der Waals surface area contributed by atoms with E-state index >= 15 is 0 Å². The third kappa shape index (κ3) is 3.70. The number of nitriles is 1. The molecule has 2 aromatic carbocycles. The Kier molecular flexibility index (Phi) is 4.70. The van der Waals surface area contributed by atoms with E-state index in [1.165, 1.54) is 0 Å². The number of fused-ring (bicyclic) bond motifs is 1. The number of aromatic nitrogens is 2. The average Bonchev–Trinajstić information content (AvgIpc) is 3.09. The first-order chi connectivity index (χ1) is 13.3. The highest BCUT2D eigenvalue weighted by Gasteiger charge is 2.48. The monoisotopic (exact) mass is 435 g/mol. The lowest BCUT2D eigenvalue weighted by Crippen LogP contribution is -2.23. The molecule has 0 fully saturated rings. The van der Waals surface area contributed by atoms with Crippen molar-refractivity contribution in [3.63, 3.8) is 0 Å². The quantitative estimate of drug-likeness (QED) is 0.610. The Morgan fingerprint density at radius 2 is 1.76 bits per heavy atom. The van der Waals surface area contributed by atoms with Crippen molar-refractivity contribution in [1.82, 2.24) is 10.2 Å². The van der Waals surface area contributed by atoms with Gasteiger partial charge in [0, 0.05) is 0 Å². The van der Waals surface area contributed by atoms with Crippen LogP contribution in [0.1, 0.15) is 11.1 Å². The molecule has 13 heteroatoms. The largest absolute Gasteiger partial charge is 0.501 e. The molecule has 0 aliphatic heterocycles. The van der Waals surface area contributed by atoms with Crippen molar-refractivity contribution in [2.45, 2.75) is 16.6 Å². The Balaban J connectivity index is 2.12. The molecule has 6 nitrogen and oxygen atoms in total. The van der Waals surface area contributed by atoms with E-state index in [9.17, 15) is 34.8 Å². The van der Waals surface area contributed by atoms with Crippen LogP contribution in [-0.2, 0) is 16.0 Å². The van der Waals surface area contributed by atoms with Crippen molar-refractivity contribution in [3.8, 4) is 17.6 Å². The molecule has 0 spiro atoms. The zero-order valence-corrected chi connectivity index (χ0v) is 14.6. The number of nitrogens with zero attached hydrogens (tertiary/aromatic N) is 2. The van der Waals surface area contributed by atoms with Crippen molar-refractivity contribution in [3.05, 3.63) is 47.7 Å². The lowest BCUT2D eigenvalue weighted by atomic mass is 10.1. The number of nitrogens with one attached hydrogen (secondary N) is 1. The second-order valence-corrected chi connectivity index (χ2v) is 7.54. The smallest absolute Gasteiger partial charge is 0.457 e. The van der Waals surface area contributed by atoms with E-state index < -0.39 is 43.2 Å². The molecule has 0 radical (unpaired) electrons. The van der Waals surface area contributed by atoms with Crippen molar-refractivity contribution < 1.29 is 39.5 Å². The number of H-pyrrole nitrogens is 1. The van der Waals surface area contributed by atoms with Gasteiger partial charge >= 0.3 is 11.7 Å². The van der Waals surface area contributed by atoms with E-state index in [2.05, 4.69) is 10.2 Å². The molecule has 1 N–H and O–H groups in total. The number of aromatic amines is 1. The normalized spacial score (nSPS) is 12.7. The summed E-state index contributed by atoms with van der Waals surface area (Å²) in [5.74, 6) is -0.691. The van der Waals surface area contributed by atoms with Gasteiger partial charge in [-0.1, -0.05) is 0 Å². The van der Waals surface area contributed by atoms with Gasteiger partial charge < -0.3 is 4.74 Å². The number of sulfone groups is 1. The molecular weight excluding hydrogens is 428 g/mol. The summed E-state index contributed by atoms with van der Waals surface area (Å²) in [6.07, 6.45) is -3.82. The van der Waals surface area contributed by atoms with E-state index in [-0.39, 0.29) is 16.7 Å². The number of ether oxygens (including phenoxy) is 1. The van der Waals surface area contributed by atoms with Gasteiger partial charge in [0.1, 0.15) is 16.4 Å². The molecule has 1 heterocycles. The van der Waals surface area contributed by atoms with Crippen LogP contribution in [0, 0.1) is 11.3 Å². The van der Waals surface area contributed by atoms with Crippen LogP contribution in [0.15, 0.2) is 41.4 Å². The summed E-state index contributed by atoms with van der Waals surface area (Å²) in [5, 5.41) is 14.3. The molecule has 3 aromatic rings. The Morgan fingerprint density at radius 1 is 1.07 bits per heavy atom. The fourth-order valence-electron chi connectivity index (χ4n) is 2.44. The molecule has 3 rings (SSSR count). The fraction of sp³-hybridized carbons (Fsp3) is 0.125. The van der Waals surface area contributed by atoms with Gasteiger partial charge in [0.25, 0.3) is 9.84 Å². The summed E-state index contributed by atoms with van der Waals surface area (Å²) in [6, 6.07) is 5.16. The molecule has 0 aliphatic rings. The van der Waals surface area contributed by atoms with Crippen LogP contribution >= 0.6 is 0 Å². The van der Waals surface area contributed by atoms with Crippen LogP contribution in [0.4, 0.5) is 26.3 Å². The van der Waals surface area contributed by atoms with E-state index in [1.54, 1.807) is 6.07 Å². The maximum absolute atomic E-state index is 13.0. The highest BCUT2D eigenvalue weighted by molar-refractivity contribution is 7.92. The first-order valence-corrected chi connectivity index (χ1v) is 8.90. The first-order valence-electron chi connectivity index (χ1n) is 7.42. The summed E-state index contributed by atoms with van der Waals surface area (Å²) in [7, 11) is -5.72. The Labute approximate surface area is 158 Å². The summed E-state index contributed by atoms with van der Waals surface area (Å²) in [4.78, 5) is -1.12. The first kappa shape index (κ1) is 20.5. The molecule has 29 heavy (non-hydrogen) atoms. The van der Waals surface area contributed by atoms with Gasteiger partial charge in [0.2, 0.25) is 0 Å². The van der Waals surface area contributed by atoms with E-state index in [1.807, 2.05) is 0 Å². The van der Waals surface area contributed by atoms with Crippen LogP contribution in [0.2, 0.25) is 0 Å². The van der Waals surface area contributed by atoms with Crippen molar-refractivity contribution in [2.24, 2.45) is 0 Å². The number of hydrogen-bond donors (Lipinski definition) is 1. The average molecular weight is 435 g/mol. The predicted octanol–water partition coefficient (Wildman–Crippen LogP) is 4.54. The van der Waals surface area contributed by atoms with Gasteiger partial charge in [-0.15, -0.1) is 0 Å². The highest BCUT2D eigenvalue weighted by atomic mass is 32.2. The van der Waals surface area contributed by atoms with Crippen LogP contribution in [0.3, 0.4) is 0 Å². The molecular formula is C16H7F6N3O3S. The van der Waals surface area contributed by atoms with Gasteiger partial charge in [0.05, 0.1) is 34.3 Å². The minimum Gasteiger partial charge on any atom is -0.457 e.